The molecule has 0 radical (unpaired) electrons. The van der Waals surface area contributed by atoms with Gasteiger partial charge in [-0.1, -0.05) is 35.9 Å². The van der Waals surface area contributed by atoms with E-state index in [1.165, 1.54) is 6.33 Å². The van der Waals surface area contributed by atoms with Crippen molar-refractivity contribution in [2.24, 2.45) is 0 Å². The second-order valence-electron chi connectivity index (χ2n) is 6.53. The number of phenolic OH excluding ortho intramolecular Hbond substituents is 1. The molecule has 0 unspecified atom stereocenters. The number of anilines is 1. The van der Waals surface area contributed by atoms with Gasteiger partial charge in [0.05, 0.1) is 17.5 Å². The first-order chi connectivity index (χ1) is 13.5. The molecule has 3 N–H and O–H groups in total. The van der Waals surface area contributed by atoms with Crippen molar-refractivity contribution >= 4 is 39.0 Å². The van der Waals surface area contributed by atoms with E-state index in [2.05, 4.69) is 20.7 Å². The van der Waals surface area contributed by atoms with Gasteiger partial charge in [-0.15, -0.1) is 11.3 Å². The number of hydrogen-bond donors (Lipinski definition) is 3. The number of nitrogens with zero attached hydrogens (tertiary/aromatic N) is 2. The lowest BCUT2D eigenvalue weighted by molar-refractivity contribution is 0.160. The van der Waals surface area contributed by atoms with Crippen molar-refractivity contribution in [3.05, 3.63) is 70.8 Å². The molecule has 4 aromatic rings. The number of rotatable bonds is 5. The minimum absolute atomic E-state index is 0.167. The molecule has 28 heavy (non-hydrogen) atoms. The predicted molar refractivity (Wildman–Crippen MR) is 114 cm³/mol. The Bertz CT molecular complexity index is 1100. The maximum absolute atomic E-state index is 10.7. The summed E-state index contributed by atoms with van der Waals surface area (Å²) in [4.78, 5) is 9.67. The average molecular weight is 412 g/mol. The molecule has 142 valence electrons. The van der Waals surface area contributed by atoms with Gasteiger partial charge in [-0.2, -0.15) is 0 Å². The molecule has 0 spiro atoms. The summed E-state index contributed by atoms with van der Waals surface area (Å²) in [6.45, 7) is 1.89. The van der Waals surface area contributed by atoms with Gasteiger partial charge in [0.1, 0.15) is 22.7 Å². The van der Waals surface area contributed by atoms with Gasteiger partial charge in [0.15, 0.2) is 0 Å². The van der Waals surface area contributed by atoms with E-state index < -0.39 is 6.10 Å². The number of fused-ring (bicyclic) bond motifs is 1. The zero-order valence-corrected chi connectivity index (χ0v) is 16.6. The normalized spacial score (nSPS) is 13.4. The first-order valence-electron chi connectivity index (χ1n) is 8.74. The summed E-state index contributed by atoms with van der Waals surface area (Å²) in [7, 11) is 0. The molecule has 2 heterocycles. The van der Waals surface area contributed by atoms with Gasteiger partial charge < -0.3 is 15.5 Å². The molecule has 4 rings (SSSR count). The molecule has 0 saturated carbocycles. The monoisotopic (exact) mass is 411 g/mol. The van der Waals surface area contributed by atoms with Crippen LogP contribution in [0, 0.1) is 0 Å². The Morgan fingerprint density at radius 3 is 2.46 bits per heavy atom. The highest BCUT2D eigenvalue weighted by atomic mass is 35.5. The van der Waals surface area contributed by atoms with Gasteiger partial charge in [0.25, 0.3) is 0 Å². The molecule has 5 nitrogen and oxygen atoms in total. The first kappa shape index (κ1) is 18.7. The lowest BCUT2D eigenvalue weighted by Crippen LogP contribution is -2.24. The number of hydrogen-bond acceptors (Lipinski definition) is 6. The van der Waals surface area contributed by atoms with E-state index in [1.807, 2.05) is 31.2 Å². The summed E-state index contributed by atoms with van der Waals surface area (Å²) in [5, 5.41) is 27.1. The minimum Gasteiger partial charge on any atom is -0.508 e. The first-order valence-corrected chi connectivity index (χ1v) is 10.0. The van der Waals surface area contributed by atoms with Crippen LogP contribution >= 0.6 is 22.9 Å². The van der Waals surface area contributed by atoms with Crippen molar-refractivity contribution in [1.29, 1.82) is 0 Å². The van der Waals surface area contributed by atoms with Gasteiger partial charge in [0, 0.05) is 16.0 Å². The molecule has 7 heteroatoms. The van der Waals surface area contributed by atoms with Crippen molar-refractivity contribution in [3.63, 3.8) is 0 Å². The number of aliphatic hydroxyl groups excluding tert-OH is 1. The van der Waals surface area contributed by atoms with E-state index in [0.29, 0.717) is 16.4 Å². The van der Waals surface area contributed by atoms with E-state index >= 15 is 0 Å². The molecule has 0 bridgehead atoms. The number of aromatic nitrogens is 2. The molecule has 0 aliphatic heterocycles. The zero-order chi connectivity index (χ0) is 19.7. The summed E-state index contributed by atoms with van der Waals surface area (Å²) in [6.07, 6.45) is 0.759. The van der Waals surface area contributed by atoms with Crippen LogP contribution in [0.1, 0.15) is 18.6 Å². The Morgan fingerprint density at radius 1 is 1.04 bits per heavy atom. The van der Waals surface area contributed by atoms with Crippen LogP contribution in [0.5, 0.6) is 5.75 Å². The summed E-state index contributed by atoms with van der Waals surface area (Å²) in [6, 6.07) is 13.9. The highest BCUT2D eigenvalue weighted by Gasteiger charge is 2.20. The third-order valence-electron chi connectivity index (χ3n) is 4.60. The topological polar surface area (TPSA) is 78.3 Å². The number of aliphatic hydroxyl groups is 1. The Labute approximate surface area is 171 Å². The second-order valence-corrected chi connectivity index (χ2v) is 7.82. The average Bonchev–Trinajstić information content (AvgIpc) is 3.14. The number of thiophene rings is 1. The molecule has 0 amide bonds. The summed E-state index contributed by atoms with van der Waals surface area (Å²) >= 11 is 7.56. The molecular formula is C21H18ClN3O2S. The molecule has 2 aromatic heterocycles. The molecule has 2 aromatic carbocycles. The van der Waals surface area contributed by atoms with Gasteiger partial charge in [-0.3, -0.25) is 0 Å². The van der Waals surface area contributed by atoms with Crippen LogP contribution in [-0.2, 0) is 0 Å². The molecule has 0 aliphatic rings. The Kier molecular flexibility index (Phi) is 5.17. The van der Waals surface area contributed by atoms with Crippen molar-refractivity contribution in [2.45, 2.75) is 19.1 Å². The van der Waals surface area contributed by atoms with Crippen LogP contribution in [0.4, 0.5) is 5.82 Å². The molecular weight excluding hydrogens is 394 g/mol. The number of phenols is 1. The van der Waals surface area contributed by atoms with Gasteiger partial charge in [0.2, 0.25) is 0 Å². The fourth-order valence-corrected chi connectivity index (χ4v) is 4.12. The van der Waals surface area contributed by atoms with Crippen molar-refractivity contribution in [1.82, 2.24) is 9.97 Å². The van der Waals surface area contributed by atoms with Gasteiger partial charge >= 0.3 is 0 Å². The van der Waals surface area contributed by atoms with Crippen LogP contribution in [0.25, 0.3) is 21.3 Å². The fourth-order valence-electron chi connectivity index (χ4n) is 3.08. The summed E-state index contributed by atoms with van der Waals surface area (Å²) < 4.78 is 0. The second kappa shape index (κ2) is 7.75. The van der Waals surface area contributed by atoms with Crippen molar-refractivity contribution in [2.75, 3.05) is 5.32 Å². The van der Waals surface area contributed by atoms with E-state index in [1.54, 1.807) is 35.6 Å². The molecule has 0 aliphatic carbocycles. The predicted octanol–water partition coefficient (Wildman–Crippen LogP) is 5.25. The van der Waals surface area contributed by atoms with Crippen molar-refractivity contribution in [3.8, 4) is 16.9 Å². The number of aromatic hydroxyl groups is 1. The van der Waals surface area contributed by atoms with Crippen LogP contribution in [0.15, 0.2) is 60.2 Å². The van der Waals surface area contributed by atoms with Gasteiger partial charge in [-0.25, -0.2) is 9.97 Å². The van der Waals surface area contributed by atoms with Crippen LogP contribution in [0.3, 0.4) is 0 Å². The standard InChI is InChI=1S/C21H18ClN3O2S/c1-12(19(27)14-4-8-16(26)9-5-14)25-20-18-17(10-28-21(18)24-11-23-20)13-2-6-15(22)7-3-13/h2-12,19,26-27H,1H3,(H,23,24,25)/t12-,19+/m1/s1. The van der Waals surface area contributed by atoms with E-state index in [4.69, 9.17) is 11.6 Å². The van der Waals surface area contributed by atoms with Crippen molar-refractivity contribution < 1.29 is 10.2 Å². The van der Waals surface area contributed by atoms with Crippen LogP contribution in [-0.4, -0.2) is 26.2 Å². The zero-order valence-electron chi connectivity index (χ0n) is 15.0. The third-order valence-corrected chi connectivity index (χ3v) is 5.74. The third kappa shape index (κ3) is 3.67. The Hall–Kier alpha value is -2.67. The molecule has 0 saturated heterocycles. The summed E-state index contributed by atoms with van der Waals surface area (Å²) in [5.41, 5.74) is 2.76. The number of nitrogens with one attached hydrogen (secondary N) is 1. The highest BCUT2D eigenvalue weighted by Crippen LogP contribution is 2.37. The lowest BCUT2D eigenvalue weighted by Gasteiger charge is -2.21. The number of halogens is 1. The quantitative estimate of drug-likeness (QED) is 0.418. The summed E-state index contributed by atoms with van der Waals surface area (Å²) in [5.74, 6) is 0.835. The Morgan fingerprint density at radius 2 is 1.75 bits per heavy atom. The van der Waals surface area contributed by atoms with Gasteiger partial charge in [-0.05, 0) is 42.3 Å². The van der Waals surface area contributed by atoms with Crippen LogP contribution < -0.4 is 5.32 Å². The number of benzene rings is 2. The SMILES string of the molecule is C[C@@H](Nc1ncnc2scc(-c3ccc(Cl)cc3)c12)[C@H](O)c1ccc(O)cc1. The van der Waals surface area contributed by atoms with E-state index in [9.17, 15) is 10.2 Å². The Balaban J connectivity index is 1.67. The smallest absolute Gasteiger partial charge is 0.139 e. The highest BCUT2D eigenvalue weighted by molar-refractivity contribution is 7.17. The van der Waals surface area contributed by atoms with Crippen LogP contribution in [0.2, 0.25) is 5.02 Å². The molecule has 2 atom stereocenters. The maximum atomic E-state index is 10.7. The molecule has 0 fully saturated rings. The minimum atomic E-state index is -0.761. The maximum Gasteiger partial charge on any atom is 0.139 e. The van der Waals surface area contributed by atoms with E-state index in [-0.39, 0.29) is 11.8 Å². The fraction of sp³-hybridized carbons (Fsp3) is 0.143. The van der Waals surface area contributed by atoms with E-state index in [0.717, 1.165) is 21.3 Å². The largest absolute Gasteiger partial charge is 0.508 e. The lowest BCUT2D eigenvalue weighted by atomic mass is 10.0.